The Morgan fingerprint density at radius 2 is 1.63 bits per heavy atom. The predicted molar refractivity (Wildman–Crippen MR) is 262 cm³/mol. The molecule has 1 aliphatic carbocycles. The highest BCUT2D eigenvalue weighted by atomic mass is 16.6. The first-order valence-electron chi connectivity index (χ1n) is 25.4. The molecule has 392 valence electrons. The molecule has 1 aromatic rings. The highest BCUT2D eigenvalue weighted by Crippen LogP contribution is 2.38. The van der Waals surface area contributed by atoms with Crippen molar-refractivity contribution < 1.29 is 57.9 Å². The molecule has 5 rings (SSSR count). The van der Waals surface area contributed by atoms with Crippen molar-refractivity contribution in [3.63, 3.8) is 0 Å². The molecule has 15 atom stereocenters. The number of fused-ring (bicyclic) bond motifs is 3. The van der Waals surface area contributed by atoms with Gasteiger partial charge in [0.1, 0.15) is 30.1 Å². The summed E-state index contributed by atoms with van der Waals surface area (Å²) in [5, 5.41) is 35.6. The first-order valence-corrected chi connectivity index (χ1v) is 25.4. The lowest BCUT2D eigenvalue weighted by Gasteiger charge is -2.42. The van der Waals surface area contributed by atoms with Gasteiger partial charge in [0.2, 0.25) is 5.79 Å². The summed E-state index contributed by atoms with van der Waals surface area (Å²) in [5.74, 6) is -7.07. The molecule has 1 aromatic heterocycles. The van der Waals surface area contributed by atoms with Crippen molar-refractivity contribution in [3.8, 4) is 0 Å². The molecule has 70 heavy (non-hydrogen) atoms. The van der Waals surface area contributed by atoms with Crippen molar-refractivity contribution in [3.05, 3.63) is 53.9 Å². The van der Waals surface area contributed by atoms with Crippen LogP contribution in [0.5, 0.6) is 0 Å². The zero-order valence-corrected chi connectivity index (χ0v) is 43.6. The molecule has 4 heterocycles. The van der Waals surface area contributed by atoms with Crippen LogP contribution >= 0.6 is 0 Å². The summed E-state index contributed by atoms with van der Waals surface area (Å²) in [6.45, 7) is 15.1. The summed E-state index contributed by atoms with van der Waals surface area (Å²) in [5.41, 5.74) is 1.30. The number of aromatic nitrogens is 4. The number of carbonyl (C=O) groups is 5. The summed E-state index contributed by atoms with van der Waals surface area (Å²) < 4.78 is 29.7. The lowest BCUT2D eigenvalue weighted by Crippen LogP contribution is -2.61. The summed E-state index contributed by atoms with van der Waals surface area (Å²) in [6.07, 6.45) is 15.0. The van der Waals surface area contributed by atoms with E-state index in [0.29, 0.717) is 56.4 Å². The van der Waals surface area contributed by atoms with Gasteiger partial charge in [-0.15, -0.1) is 10.2 Å². The molecule has 3 aliphatic heterocycles. The quantitative estimate of drug-likeness (QED) is 0.154. The Kier molecular flexibility index (Phi) is 23.4. The average molecular weight is 982 g/mol. The van der Waals surface area contributed by atoms with Gasteiger partial charge in [0.05, 0.1) is 18.3 Å². The van der Waals surface area contributed by atoms with Crippen molar-refractivity contribution in [2.75, 3.05) is 27.9 Å². The number of aliphatic hydroxyl groups excluding tert-OH is 1. The van der Waals surface area contributed by atoms with E-state index in [1.165, 1.54) is 18.3 Å². The Balaban J connectivity index is 0.00000200. The number of cyclic esters (lactones) is 1. The lowest BCUT2D eigenvalue weighted by atomic mass is 9.76. The Morgan fingerprint density at radius 3 is 2.27 bits per heavy atom. The second-order valence-corrected chi connectivity index (χ2v) is 20.6. The van der Waals surface area contributed by atoms with E-state index in [1.807, 2.05) is 58.1 Å². The Morgan fingerprint density at radius 1 is 0.886 bits per heavy atom. The van der Waals surface area contributed by atoms with Gasteiger partial charge >= 0.3 is 5.97 Å². The number of esters is 1. The Bertz CT molecular complexity index is 1950. The molecular formula is C53H83N5O12. The molecule has 17 heteroatoms. The van der Waals surface area contributed by atoms with Crippen LogP contribution < -0.4 is 0 Å². The number of aliphatic hydroxyl groups is 2. The van der Waals surface area contributed by atoms with Gasteiger partial charge in [-0.2, -0.15) is 5.21 Å². The Hall–Kier alpha value is -4.26. The third-order valence-electron chi connectivity index (χ3n) is 15.1. The molecular weight excluding hydrogens is 899 g/mol. The predicted octanol–water partition coefficient (Wildman–Crippen LogP) is 6.66. The van der Waals surface area contributed by atoms with E-state index in [4.69, 9.17) is 23.7 Å². The standard InChI is InChI=1S/C52H81NO12.CH2N4/c1-31-17-13-12-14-18-32(2)44(62-10)29-40-23-21-38(8)52(60,65-40)49(57)50(58)53-24-16-15-19-41(53)51(59)64-45(35(5)27-39-22-20-33(3)43(28-39)61-9)30-42(54)34(4)26-37(7)47(56)48(63-11)46(55)36(6)25-31;1-2-4-5-3-1/h12-14,17-18,26,31,33-36,38-41,43-45,47-48,56,60H,15-16,19-25,27-30H2,1-11H3;1H,(H,2,3,4,5)/b14-12+,17-13+,32-18+,37-26+;/t31-,33+,34-,35-,36-,38-,39+,40+,41+,43-,44+,45+,47-,48+,52-;/m1./s1. The van der Waals surface area contributed by atoms with Gasteiger partial charge in [0.15, 0.2) is 12.1 Å². The number of amides is 1. The highest BCUT2D eigenvalue weighted by molar-refractivity contribution is 6.39. The van der Waals surface area contributed by atoms with E-state index in [0.717, 1.165) is 24.8 Å². The number of rotatable bonds is 6. The third kappa shape index (κ3) is 16.1. The number of hydrogen-bond acceptors (Lipinski definition) is 15. The molecule has 1 saturated carbocycles. The minimum absolute atomic E-state index is 0.0304. The average Bonchev–Trinajstić information content (AvgIpc) is 3.94. The maximum absolute atomic E-state index is 14.4. The summed E-state index contributed by atoms with van der Waals surface area (Å²) in [4.78, 5) is 71.9. The van der Waals surface area contributed by atoms with Crippen LogP contribution in [0.3, 0.4) is 0 Å². The number of nitrogens with zero attached hydrogens (tertiary/aromatic N) is 4. The summed E-state index contributed by atoms with van der Waals surface area (Å²) >= 11 is 0. The molecule has 3 fully saturated rings. The molecule has 3 N–H and O–H groups in total. The summed E-state index contributed by atoms with van der Waals surface area (Å²) in [7, 11) is 4.70. The van der Waals surface area contributed by atoms with Crippen LogP contribution in [0.15, 0.2) is 53.9 Å². The lowest BCUT2D eigenvalue weighted by molar-refractivity contribution is -0.265. The van der Waals surface area contributed by atoms with Gasteiger partial charge in [-0.1, -0.05) is 83.2 Å². The van der Waals surface area contributed by atoms with Gasteiger partial charge in [0, 0.05) is 58.5 Å². The number of nitrogens with one attached hydrogen (secondary N) is 1. The van der Waals surface area contributed by atoms with Crippen molar-refractivity contribution in [1.29, 1.82) is 0 Å². The van der Waals surface area contributed by atoms with E-state index in [1.54, 1.807) is 41.1 Å². The topological polar surface area (TPSA) is 230 Å². The number of ether oxygens (including phenoxy) is 5. The van der Waals surface area contributed by atoms with Crippen molar-refractivity contribution in [2.45, 2.75) is 181 Å². The van der Waals surface area contributed by atoms with Gasteiger partial charge in [-0.05, 0) is 113 Å². The first kappa shape index (κ1) is 58.3. The van der Waals surface area contributed by atoms with E-state index in [-0.39, 0.29) is 54.8 Å². The zero-order valence-electron chi connectivity index (χ0n) is 43.6. The highest BCUT2D eigenvalue weighted by Gasteiger charge is 2.53. The fourth-order valence-electron chi connectivity index (χ4n) is 10.5. The normalized spacial score (nSPS) is 38.1. The van der Waals surface area contributed by atoms with Crippen LogP contribution in [-0.4, -0.2) is 141 Å². The SMILES string of the molecule is CO[C@H]1C[C@@H]2CC[C@@H](C)[C@@](O)(O2)C(=O)C(=O)N2CCCC[C@H]2C(=O)O[C@H]([C@H](C)C[C@@H]2CC[C@H](C)[C@H](OC)C2)CC(=O)[C@H](C)/C=C(\C)[C@@H](O)[C@@H](OC)C(=O)[C@H](C)C[C@H](C)/C=C/C=C/C=C/1C.c1nn[nH]n1. The fourth-order valence-corrected chi connectivity index (χ4v) is 10.5. The Labute approximate surface area is 415 Å². The van der Waals surface area contributed by atoms with Crippen LogP contribution in [0.4, 0.5) is 0 Å². The van der Waals surface area contributed by atoms with Gasteiger partial charge in [-0.3, -0.25) is 19.2 Å². The minimum atomic E-state index is -2.41. The molecule has 2 bridgehead atoms. The molecule has 4 aliphatic rings. The second kappa shape index (κ2) is 28.1. The number of tetrazole rings is 1. The smallest absolute Gasteiger partial charge is 0.329 e. The second-order valence-electron chi connectivity index (χ2n) is 20.6. The summed E-state index contributed by atoms with van der Waals surface area (Å²) in [6, 6.07) is -1.11. The number of piperidine rings is 1. The van der Waals surface area contributed by atoms with Crippen LogP contribution in [0.1, 0.15) is 132 Å². The van der Waals surface area contributed by atoms with E-state index in [9.17, 15) is 34.2 Å². The molecule has 0 aromatic carbocycles. The number of aromatic amines is 1. The molecule has 0 unspecified atom stereocenters. The minimum Gasteiger partial charge on any atom is -0.460 e. The first-order chi connectivity index (χ1) is 33.2. The zero-order chi connectivity index (χ0) is 51.7. The van der Waals surface area contributed by atoms with E-state index < -0.39 is 77.8 Å². The van der Waals surface area contributed by atoms with Crippen LogP contribution in [0.25, 0.3) is 0 Å². The molecule has 1 amide bonds. The third-order valence-corrected chi connectivity index (χ3v) is 15.1. The monoisotopic (exact) mass is 982 g/mol. The number of Topliss-reactive ketones (excluding diaryl/α,β-unsaturated/α-hetero) is 3. The number of hydrogen-bond donors (Lipinski definition) is 3. The number of H-pyrrole nitrogens is 1. The van der Waals surface area contributed by atoms with Crippen molar-refractivity contribution in [1.82, 2.24) is 25.5 Å². The number of allylic oxidation sites excluding steroid dienone is 6. The molecule has 17 nitrogen and oxygen atoms in total. The number of carbonyl (C=O) groups excluding carboxylic acids is 5. The van der Waals surface area contributed by atoms with Crippen LogP contribution in [0.2, 0.25) is 0 Å². The van der Waals surface area contributed by atoms with Crippen LogP contribution in [0, 0.1) is 41.4 Å². The molecule has 2 saturated heterocycles. The molecule has 0 spiro atoms. The number of methoxy groups -OCH3 is 3. The fraction of sp³-hybridized carbons (Fsp3) is 0.736. The van der Waals surface area contributed by atoms with Crippen LogP contribution in [-0.2, 0) is 47.7 Å². The van der Waals surface area contributed by atoms with Crippen molar-refractivity contribution >= 4 is 29.2 Å². The maximum Gasteiger partial charge on any atom is 0.329 e. The van der Waals surface area contributed by atoms with Gasteiger partial charge in [0.25, 0.3) is 11.7 Å². The molecule has 0 radical (unpaired) electrons. The van der Waals surface area contributed by atoms with E-state index in [2.05, 4.69) is 27.5 Å². The van der Waals surface area contributed by atoms with Crippen molar-refractivity contribution in [2.24, 2.45) is 41.4 Å². The maximum atomic E-state index is 14.4. The largest absolute Gasteiger partial charge is 0.460 e. The van der Waals surface area contributed by atoms with Gasteiger partial charge < -0.3 is 38.8 Å². The van der Waals surface area contributed by atoms with Gasteiger partial charge in [-0.25, -0.2) is 4.79 Å². The number of ketones is 3. The van der Waals surface area contributed by atoms with E-state index >= 15 is 0 Å².